The monoisotopic (exact) mass is 227 g/mol. The SMILES string of the molecule is COCC(N)c1nc(C2CCOCC2)no1. The second kappa shape index (κ2) is 5.38. The number of nitrogens with two attached hydrogens (primary N) is 1. The summed E-state index contributed by atoms with van der Waals surface area (Å²) in [6.07, 6.45) is 1.89. The molecule has 1 saturated heterocycles. The molecule has 90 valence electrons. The zero-order valence-electron chi connectivity index (χ0n) is 9.39. The van der Waals surface area contributed by atoms with Gasteiger partial charge in [0.2, 0.25) is 5.89 Å². The molecule has 6 nitrogen and oxygen atoms in total. The Balaban J connectivity index is 2.00. The van der Waals surface area contributed by atoms with Crippen molar-refractivity contribution in [2.24, 2.45) is 5.73 Å². The summed E-state index contributed by atoms with van der Waals surface area (Å²) >= 11 is 0. The van der Waals surface area contributed by atoms with Crippen LogP contribution in [0.4, 0.5) is 0 Å². The van der Waals surface area contributed by atoms with Gasteiger partial charge in [-0.15, -0.1) is 0 Å². The van der Waals surface area contributed by atoms with E-state index in [9.17, 15) is 0 Å². The highest BCUT2D eigenvalue weighted by Crippen LogP contribution is 2.25. The average Bonchev–Trinajstić information content (AvgIpc) is 2.80. The molecule has 0 amide bonds. The van der Waals surface area contributed by atoms with Gasteiger partial charge in [-0.25, -0.2) is 0 Å². The molecule has 0 bridgehead atoms. The van der Waals surface area contributed by atoms with Crippen molar-refractivity contribution in [1.29, 1.82) is 0 Å². The van der Waals surface area contributed by atoms with Crippen molar-refractivity contribution in [3.05, 3.63) is 11.7 Å². The molecule has 1 fully saturated rings. The van der Waals surface area contributed by atoms with Crippen LogP contribution in [-0.2, 0) is 9.47 Å². The van der Waals surface area contributed by atoms with Gasteiger partial charge in [0.1, 0.15) is 6.04 Å². The maximum atomic E-state index is 5.80. The topological polar surface area (TPSA) is 83.4 Å². The van der Waals surface area contributed by atoms with Crippen LogP contribution in [-0.4, -0.2) is 37.1 Å². The van der Waals surface area contributed by atoms with Gasteiger partial charge in [-0.2, -0.15) is 4.98 Å². The first-order chi connectivity index (χ1) is 7.81. The van der Waals surface area contributed by atoms with Crippen LogP contribution < -0.4 is 5.73 Å². The third kappa shape index (κ3) is 2.58. The minimum absolute atomic E-state index is 0.334. The minimum Gasteiger partial charge on any atom is -0.383 e. The highest BCUT2D eigenvalue weighted by Gasteiger charge is 2.23. The Hall–Kier alpha value is -0.980. The molecule has 2 N–H and O–H groups in total. The molecule has 0 saturated carbocycles. The number of nitrogens with zero attached hydrogens (tertiary/aromatic N) is 2. The molecule has 1 aromatic heterocycles. The van der Waals surface area contributed by atoms with Crippen LogP contribution in [0.5, 0.6) is 0 Å². The number of ether oxygens (including phenoxy) is 2. The number of hydrogen-bond donors (Lipinski definition) is 1. The number of aromatic nitrogens is 2. The van der Waals surface area contributed by atoms with Gasteiger partial charge in [-0.05, 0) is 12.8 Å². The van der Waals surface area contributed by atoms with Crippen LogP contribution in [0.3, 0.4) is 0 Å². The third-order valence-electron chi connectivity index (χ3n) is 2.71. The van der Waals surface area contributed by atoms with E-state index >= 15 is 0 Å². The maximum Gasteiger partial charge on any atom is 0.245 e. The van der Waals surface area contributed by atoms with E-state index in [-0.39, 0.29) is 6.04 Å². The van der Waals surface area contributed by atoms with Crippen molar-refractivity contribution >= 4 is 0 Å². The molecule has 1 aromatic rings. The standard InChI is InChI=1S/C10H17N3O3/c1-14-6-8(11)10-12-9(13-16-10)7-2-4-15-5-3-7/h7-8H,2-6,11H2,1H3. The Labute approximate surface area is 94.1 Å². The molecule has 2 heterocycles. The normalized spacial score (nSPS) is 19.9. The number of methoxy groups -OCH3 is 1. The molecule has 1 aliphatic rings. The summed E-state index contributed by atoms with van der Waals surface area (Å²) in [5.74, 6) is 1.52. The lowest BCUT2D eigenvalue weighted by atomic mass is 10.00. The molecule has 1 atom stereocenters. The van der Waals surface area contributed by atoms with E-state index in [4.69, 9.17) is 19.7 Å². The van der Waals surface area contributed by atoms with Crippen LogP contribution in [0.15, 0.2) is 4.52 Å². The average molecular weight is 227 g/mol. The van der Waals surface area contributed by atoms with Crippen molar-refractivity contribution in [2.75, 3.05) is 26.9 Å². The van der Waals surface area contributed by atoms with Gasteiger partial charge in [-0.3, -0.25) is 0 Å². The molecule has 16 heavy (non-hydrogen) atoms. The van der Waals surface area contributed by atoms with Gasteiger partial charge in [-0.1, -0.05) is 5.16 Å². The van der Waals surface area contributed by atoms with Crippen LogP contribution in [0.1, 0.15) is 36.5 Å². The zero-order chi connectivity index (χ0) is 11.4. The summed E-state index contributed by atoms with van der Waals surface area (Å²) in [5.41, 5.74) is 5.80. The van der Waals surface area contributed by atoms with Gasteiger partial charge in [0.05, 0.1) is 6.61 Å². The van der Waals surface area contributed by atoms with Crippen molar-refractivity contribution in [1.82, 2.24) is 10.1 Å². The largest absolute Gasteiger partial charge is 0.383 e. The van der Waals surface area contributed by atoms with Crippen LogP contribution >= 0.6 is 0 Å². The molecule has 1 aliphatic heterocycles. The molecular weight excluding hydrogens is 210 g/mol. The third-order valence-corrected chi connectivity index (χ3v) is 2.71. The van der Waals surface area contributed by atoms with E-state index in [2.05, 4.69) is 10.1 Å². The first-order valence-corrected chi connectivity index (χ1v) is 5.47. The Morgan fingerprint density at radius 2 is 2.25 bits per heavy atom. The van der Waals surface area contributed by atoms with E-state index in [1.165, 1.54) is 0 Å². The quantitative estimate of drug-likeness (QED) is 0.811. The second-order valence-corrected chi connectivity index (χ2v) is 3.94. The fraction of sp³-hybridized carbons (Fsp3) is 0.800. The number of rotatable bonds is 4. The minimum atomic E-state index is -0.342. The summed E-state index contributed by atoms with van der Waals surface area (Å²) in [6.45, 7) is 1.91. The molecule has 1 unspecified atom stereocenters. The van der Waals surface area contributed by atoms with Crippen LogP contribution in [0, 0.1) is 0 Å². The van der Waals surface area contributed by atoms with Crippen molar-refractivity contribution < 1.29 is 14.0 Å². The smallest absolute Gasteiger partial charge is 0.245 e. The number of hydrogen-bond acceptors (Lipinski definition) is 6. The molecule has 0 aromatic carbocycles. The Bertz CT molecular complexity index is 323. The molecule has 0 spiro atoms. The van der Waals surface area contributed by atoms with Gasteiger partial charge in [0.25, 0.3) is 0 Å². The first-order valence-electron chi connectivity index (χ1n) is 5.47. The highest BCUT2D eigenvalue weighted by atomic mass is 16.5. The lowest BCUT2D eigenvalue weighted by Crippen LogP contribution is -2.17. The Kier molecular flexibility index (Phi) is 3.87. The predicted octanol–water partition coefficient (Wildman–Crippen LogP) is 0.610. The second-order valence-electron chi connectivity index (χ2n) is 3.94. The maximum absolute atomic E-state index is 5.80. The molecule has 0 radical (unpaired) electrons. The summed E-state index contributed by atoms with van der Waals surface area (Å²) in [5, 5.41) is 3.97. The van der Waals surface area contributed by atoms with Crippen molar-refractivity contribution in [2.45, 2.75) is 24.8 Å². The van der Waals surface area contributed by atoms with Gasteiger partial charge in [0.15, 0.2) is 5.82 Å². The lowest BCUT2D eigenvalue weighted by molar-refractivity contribution is 0.0830. The lowest BCUT2D eigenvalue weighted by Gasteiger charge is -2.18. The molecule has 0 aliphatic carbocycles. The van der Waals surface area contributed by atoms with Gasteiger partial charge >= 0.3 is 0 Å². The predicted molar refractivity (Wildman–Crippen MR) is 55.9 cm³/mol. The summed E-state index contributed by atoms with van der Waals surface area (Å²) in [4.78, 5) is 4.31. The van der Waals surface area contributed by atoms with Crippen molar-refractivity contribution in [3.8, 4) is 0 Å². The van der Waals surface area contributed by atoms with E-state index in [1.54, 1.807) is 7.11 Å². The Morgan fingerprint density at radius 1 is 1.50 bits per heavy atom. The summed E-state index contributed by atoms with van der Waals surface area (Å²) in [7, 11) is 1.59. The van der Waals surface area contributed by atoms with E-state index in [0.29, 0.717) is 18.4 Å². The highest BCUT2D eigenvalue weighted by molar-refractivity contribution is 4.99. The zero-order valence-corrected chi connectivity index (χ0v) is 9.39. The first kappa shape index (κ1) is 11.5. The summed E-state index contributed by atoms with van der Waals surface area (Å²) < 4.78 is 15.3. The van der Waals surface area contributed by atoms with E-state index in [1.807, 2.05) is 0 Å². The van der Waals surface area contributed by atoms with E-state index < -0.39 is 0 Å². The van der Waals surface area contributed by atoms with Gasteiger partial charge < -0.3 is 19.7 Å². The van der Waals surface area contributed by atoms with Gasteiger partial charge in [0, 0.05) is 26.2 Å². The summed E-state index contributed by atoms with van der Waals surface area (Å²) in [6, 6.07) is -0.342. The van der Waals surface area contributed by atoms with Crippen LogP contribution in [0.25, 0.3) is 0 Å². The van der Waals surface area contributed by atoms with Crippen molar-refractivity contribution in [3.63, 3.8) is 0 Å². The molecular formula is C10H17N3O3. The fourth-order valence-electron chi connectivity index (χ4n) is 1.77. The van der Waals surface area contributed by atoms with E-state index in [0.717, 1.165) is 31.9 Å². The van der Waals surface area contributed by atoms with Crippen LogP contribution in [0.2, 0.25) is 0 Å². The molecule has 6 heteroatoms. The Morgan fingerprint density at radius 3 is 2.94 bits per heavy atom. The fourth-order valence-corrected chi connectivity index (χ4v) is 1.77. The molecule has 2 rings (SSSR count).